The second-order valence-corrected chi connectivity index (χ2v) is 8.90. The van der Waals surface area contributed by atoms with Crippen molar-refractivity contribution < 1.29 is 22.5 Å². The van der Waals surface area contributed by atoms with E-state index in [1.54, 1.807) is 31.2 Å². The number of alkyl halides is 3. The first-order valence-electron chi connectivity index (χ1n) is 10.6. The number of rotatable bonds is 5. The molecular formula is C25H15Cl2F3N4O2. The van der Waals surface area contributed by atoms with Gasteiger partial charge in [-0.1, -0.05) is 46.1 Å². The summed E-state index contributed by atoms with van der Waals surface area (Å²) in [5, 5.41) is 4.43. The molecule has 3 aromatic heterocycles. The topological polar surface area (TPSA) is 73.8 Å². The molecule has 11 heteroatoms. The van der Waals surface area contributed by atoms with Crippen LogP contribution in [-0.2, 0) is 12.7 Å². The summed E-state index contributed by atoms with van der Waals surface area (Å²) < 4.78 is 49.8. The molecule has 0 bridgehead atoms. The van der Waals surface area contributed by atoms with Gasteiger partial charge in [-0.2, -0.15) is 18.2 Å². The van der Waals surface area contributed by atoms with Crippen LogP contribution in [0.4, 0.5) is 13.2 Å². The molecule has 5 rings (SSSR count). The Labute approximate surface area is 212 Å². The molecule has 0 radical (unpaired) electrons. The van der Waals surface area contributed by atoms with Crippen LogP contribution in [0.1, 0.15) is 33.1 Å². The first-order chi connectivity index (χ1) is 17.1. The van der Waals surface area contributed by atoms with Crippen LogP contribution in [0.15, 0.2) is 65.4 Å². The van der Waals surface area contributed by atoms with Crippen LogP contribution >= 0.6 is 23.2 Å². The van der Waals surface area contributed by atoms with Gasteiger partial charge in [-0.05, 0) is 48.9 Å². The van der Waals surface area contributed by atoms with E-state index >= 15 is 0 Å². The summed E-state index contributed by atoms with van der Waals surface area (Å²) in [5.41, 5.74) is 0.0745. The Morgan fingerprint density at radius 2 is 1.81 bits per heavy atom. The molecule has 0 saturated carbocycles. The van der Waals surface area contributed by atoms with Gasteiger partial charge in [-0.25, -0.2) is 0 Å². The summed E-state index contributed by atoms with van der Waals surface area (Å²) in [6.45, 7) is 1.48. The number of aromatic nitrogens is 4. The lowest BCUT2D eigenvalue weighted by Gasteiger charge is -2.15. The highest BCUT2D eigenvalue weighted by Crippen LogP contribution is 2.40. The quantitative estimate of drug-likeness (QED) is 0.229. The number of benzene rings is 2. The Hall–Kier alpha value is -3.69. The van der Waals surface area contributed by atoms with Crippen LogP contribution in [-0.4, -0.2) is 25.5 Å². The molecular weight excluding hydrogens is 516 g/mol. The average Bonchev–Trinajstić information content (AvgIpc) is 3.44. The van der Waals surface area contributed by atoms with Gasteiger partial charge in [-0.15, -0.1) is 0 Å². The Balaban J connectivity index is 1.71. The smallest absolute Gasteiger partial charge is 0.332 e. The molecule has 182 valence electrons. The fourth-order valence-electron chi connectivity index (χ4n) is 4.02. The molecule has 0 fully saturated rings. The molecule has 36 heavy (non-hydrogen) atoms. The normalized spacial score (nSPS) is 11.8. The molecule has 3 heterocycles. The van der Waals surface area contributed by atoms with Crippen LogP contribution in [0.5, 0.6) is 0 Å². The predicted molar refractivity (Wildman–Crippen MR) is 128 cm³/mol. The van der Waals surface area contributed by atoms with Crippen molar-refractivity contribution in [3.05, 3.63) is 99.2 Å². The van der Waals surface area contributed by atoms with Crippen molar-refractivity contribution in [1.29, 1.82) is 0 Å². The van der Waals surface area contributed by atoms with Crippen LogP contribution < -0.4 is 0 Å². The summed E-state index contributed by atoms with van der Waals surface area (Å²) in [6.07, 6.45) is -1.90. The molecule has 0 aliphatic heterocycles. The minimum atomic E-state index is -4.88. The zero-order valence-electron chi connectivity index (χ0n) is 18.5. The van der Waals surface area contributed by atoms with Crippen LogP contribution in [0.2, 0.25) is 10.0 Å². The predicted octanol–water partition coefficient (Wildman–Crippen LogP) is 7.00. The minimum absolute atomic E-state index is 0.0576. The maximum Gasteiger partial charge on any atom is 0.432 e. The number of ketones is 1. The Morgan fingerprint density at radius 3 is 2.50 bits per heavy atom. The van der Waals surface area contributed by atoms with Crippen molar-refractivity contribution in [3.8, 4) is 11.4 Å². The largest absolute Gasteiger partial charge is 0.432 e. The Bertz CT molecular complexity index is 1610. The summed E-state index contributed by atoms with van der Waals surface area (Å²) in [7, 11) is 0. The zero-order chi connectivity index (χ0) is 25.6. The summed E-state index contributed by atoms with van der Waals surface area (Å²) in [6, 6.07) is 12.4. The maximum atomic E-state index is 14.6. The van der Waals surface area contributed by atoms with E-state index in [0.717, 1.165) is 4.57 Å². The zero-order valence-corrected chi connectivity index (χ0v) is 20.0. The van der Waals surface area contributed by atoms with E-state index in [4.69, 9.17) is 27.7 Å². The molecule has 0 atom stereocenters. The van der Waals surface area contributed by atoms with Crippen molar-refractivity contribution in [3.63, 3.8) is 0 Å². The lowest BCUT2D eigenvalue weighted by molar-refractivity contribution is -0.143. The van der Waals surface area contributed by atoms with E-state index in [-0.39, 0.29) is 28.3 Å². The van der Waals surface area contributed by atoms with E-state index in [1.165, 1.54) is 36.7 Å². The molecule has 0 unspecified atom stereocenters. The highest BCUT2D eigenvalue weighted by molar-refractivity contribution is 6.35. The number of hydrogen-bond donors (Lipinski definition) is 0. The van der Waals surface area contributed by atoms with E-state index < -0.39 is 29.1 Å². The number of nitrogens with zero attached hydrogens (tertiary/aromatic N) is 4. The molecule has 0 aliphatic carbocycles. The van der Waals surface area contributed by atoms with Gasteiger partial charge in [0.1, 0.15) is 5.69 Å². The summed E-state index contributed by atoms with van der Waals surface area (Å²) in [5.74, 6) is -1.54. The molecule has 5 aromatic rings. The van der Waals surface area contributed by atoms with Crippen molar-refractivity contribution >= 4 is 39.9 Å². The van der Waals surface area contributed by atoms with Crippen molar-refractivity contribution in [2.75, 3.05) is 0 Å². The molecule has 2 aromatic carbocycles. The number of carbonyl (C=O) groups excluding carboxylic acids is 1. The van der Waals surface area contributed by atoms with Gasteiger partial charge in [-0.3, -0.25) is 9.78 Å². The van der Waals surface area contributed by atoms with Crippen LogP contribution in [0.3, 0.4) is 0 Å². The van der Waals surface area contributed by atoms with Crippen LogP contribution in [0.25, 0.3) is 22.3 Å². The fourth-order valence-corrected chi connectivity index (χ4v) is 4.49. The van der Waals surface area contributed by atoms with E-state index in [2.05, 4.69) is 15.1 Å². The summed E-state index contributed by atoms with van der Waals surface area (Å²) in [4.78, 5) is 21.4. The first-order valence-corrected chi connectivity index (χ1v) is 11.3. The number of carbonyl (C=O) groups is 1. The van der Waals surface area contributed by atoms with Gasteiger partial charge in [0, 0.05) is 45.5 Å². The molecule has 0 aliphatic rings. The van der Waals surface area contributed by atoms with E-state index in [9.17, 15) is 18.0 Å². The SMILES string of the molecule is Cc1ccc2c(c1)c(C(=O)c1nc(-c3ccncc3)no1)c(C(F)(F)F)n2Cc1ccc(Cl)cc1Cl. The van der Waals surface area contributed by atoms with Gasteiger partial charge in [0.25, 0.3) is 11.7 Å². The molecule has 0 saturated heterocycles. The van der Waals surface area contributed by atoms with E-state index in [1.807, 2.05) is 0 Å². The fraction of sp³-hybridized carbons (Fsp3) is 0.120. The van der Waals surface area contributed by atoms with E-state index in [0.29, 0.717) is 21.7 Å². The maximum absolute atomic E-state index is 14.6. The Morgan fingerprint density at radius 1 is 1.06 bits per heavy atom. The number of fused-ring (bicyclic) bond motifs is 1. The third-order valence-electron chi connectivity index (χ3n) is 5.62. The number of pyridine rings is 1. The molecule has 0 spiro atoms. The second-order valence-electron chi connectivity index (χ2n) is 8.05. The molecule has 0 N–H and O–H groups in total. The molecule has 0 amide bonds. The lowest BCUT2D eigenvalue weighted by atomic mass is 10.0. The summed E-state index contributed by atoms with van der Waals surface area (Å²) >= 11 is 12.2. The monoisotopic (exact) mass is 530 g/mol. The first kappa shape index (κ1) is 24.0. The third kappa shape index (κ3) is 4.36. The number of aryl methyl sites for hydroxylation is 1. The van der Waals surface area contributed by atoms with Gasteiger partial charge in [0.15, 0.2) is 0 Å². The lowest BCUT2D eigenvalue weighted by Crippen LogP contribution is -2.19. The molecule has 6 nitrogen and oxygen atoms in total. The van der Waals surface area contributed by atoms with Crippen molar-refractivity contribution in [2.24, 2.45) is 0 Å². The van der Waals surface area contributed by atoms with Crippen LogP contribution in [0, 0.1) is 6.92 Å². The van der Waals surface area contributed by atoms with Gasteiger partial charge in [0.05, 0.1) is 5.56 Å². The second kappa shape index (κ2) is 9.07. The van der Waals surface area contributed by atoms with Gasteiger partial charge >= 0.3 is 6.18 Å². The van der Waals surface area contributed by atoms with Crippen molar-refractivity contribution in [2.45, 2.75) is 19.6 Å². The van der Waals surface area contributed by atoms with Gasteiger partial charge in [0.2, 0.25) is 5.82 Å². The third-order valence-corrected chi connectivity index (χ3v) is 6.20. The van der Waals surface area contributed by atoms with Crippen molar-refractivity contribution in [1.82, 2.24) is 19.7 Å². The minimum Gasteiger partial charge on any atom is -0.332 e. The average molecular weight is 531 g/mol. The highest BCUT2D eigenvalue weighted by atomic mass is 35.5. The Kier molecular flexibility index (Phi) is 6.05. The number of hydrogen-bond acceptors (Lipinski definition) is 5. The number of halogens is 5. The highest BCUT2D eigenvalue weighted by Gasteiger charge is 2.42. The van der Waals surface area contributed by atoms with Gasteiger partial charge < -0.3 is 9.09 Å². The standard InChI is InChI=1S/C25H15Cl2F3N4O2/c1-13-2-5-19-17(10-13)20(21(35)24-32-23(33-36-24)14-6-8-31-9-7-14)22(25(28,29)30)34(19)12-15-3-4-16(26)11-18(15)27/h2-11H,12H2,1H3.